The van der Waals surface area contributed by atoms with Gasteiger partial charge in [0.2, 0.25) is 5.91 Å². The molecule has 1 aromatic rings. The van der Waals surface area contributed by atoms with Crippen LogP contribution in [0.2, 0.25) is 0 Å². The summed E-state index contributed by atoms with van der Waals surface area (Å²) >= 11 is 0. The van der Waals surface area contributed by atoms with Crippen LogP contribution in [0, 0.1) is 17.7 Å². The third kappa shape index (κ3) is 4.05. The molecule has 0 aliphatic heterocycles. The molecule has 2 atom stereocenters. The number of hydrogen-bond acceptors (Lipinski definition) is 2. The Morgan fingerprint density at radius 1 is 1.16 bits per heavy atom. The fraction of sp³-hybridized carbons (Fsp3) is 0.429. The number of halogens is 1. The molecular formula is C14H18FNO3. The lowest BCUT2D eigenvalue weighted by Gasteiger charge is -2.24. The predicted molar refractivity (Wildman–Crippen MR) is 68.9 cm³/mol. The fourth-order valence-electron chi connectivity index (χ4n) is 1.70. The average Bonchev–Trinajstić information content (AvgIpc) is 2.35. The maximum Gasteiger partial charge on any atom is 0.315 e. The Morgan fingerprint density at radius 3 is 2.11 bits per heavy atom. The first-order chi connectivity index (χ1) is 8.82. The standard InChI is InChI=1S/C14H18FNO3/c1-8(2)12(10-4-6-11(15)7-5-10)16-13(17)9(3)14(18)19/h4-9,12H,1-3H3,(H,16,17)(H,18,19). The van der Waals surface area contributed by atoms with E-state index in [-0.39, 0.29) is 17.8 Å². The van der Waals surface area contributed by atoms with E-state index in [0.29, 0.717) is 0 Å². The lowest BCUT2D eigenvalue weighted by Crippen LogP contribution is -2.38. The van der Waals surface area contributed by atoms with Crippen molar-refractivity contribution < 1.29 is 19.1 Å². The summed E-state index contributed by atoms with van der Waals surface area (Å²) in [4.78, 5) is 22.5. The molecule has 5 heteroatoms. The summed E-state index contributed by atoms with van der Waals surface area (Å²) in [6.45, 7) is 5.14. The number of hydrogen-bond donors (Lipinski definition) is 2. The number of amides is 1. The summed E-state index contributed by atoms with van der Waals surface area (Å²) in [5.41, 5.74) is 0.752. The molecule has 4 nitrogen and oxygen atoms in total. The summed E-state index contributed by atoms with van der Waals surface area (Å²) in [6, 6.07) is 5.47. The number of nitrogens with one attached hydrogen (secondary N) is 1. The highest BCUT2D eigenvalue weighted by Gasteiger charge is 2.25. The zero-order valence-electron chi connectivity index (χ0n) is 11.2. The topological polar surface area (TPSA) is 66.4 Å². The van der Waals surface area contributed by atoms with Gasteiger partial charge < -0.3 is 10.4 Å². The molecule has 2 N–H and O–H groups in total. The molecule has 0 aliphatic carbocycles. The smallest absolute Gasteiger partial charge is 0.315 e. The Balaban J connectivity index is 2.88. The van der Waals surface area contributed by atoms with Crippen molar-refractivity contribution in [2.75, 3.05) is 0 Å². The van der Waals surface area contributed by atoms with Crippen molar-refractivity contribution in [2.24, 2.45) is 11.8 Å². The van der Waals surface area contributed by atoms with E-state index < -0.39 is 17.8 Å². The highest BCUT2D eigenvalue weighted by Crippen LogP contribution is 2.22. The van der Waals surface area contributed by atoms with Crippen molar-refractivity contribution in [3.8, 4) is 0 Å². The van der Waals surface area contributed by atoms with E-state index in [1.54, 1.807) is 12.1 Å². The Morgan fingerprint density at radius 2 is 1.68 bits per heavy atom. The summed E-state index contributed by atoms with van der Waals surface area (Å²) in [6.07, 6.45) is 0. The number of carboxylic acid groups (broad SMARTS) is 1. The van der Waals surface area contributed by atoms with E-state index in [0.717, 1.165) is 5.56 Å². The molecule has 104 valence electrons. The van der Waals surface area contributed by atoms with Gasteiger partial charge in [-0.05, 0) is 30.5 Å². The van der Waals surface area contributed by atoms with Crippen LogP contribution < -0.4 is 5.32 Å². The van der Waals surface area contributed by atoms with E-state index in [1.807, 2.05) is 13.8 Å². The molecule has 1 aromatic carbocycles. The van der Waals surface area contributed by atoms with Crippen LogP contribution in [0.1, 0.15) is 32.4 Å². The maximum absolute atomic E-state index is 12.9. The van der Waals surface area contributed by atoms with Crippen LogP contribution >= 0.6 is 0 Å². The van der Waals surface area contributed by atoms with Crippen LogP contribution in [0.4, 0.5) is 4.39 Å². The second-order valence-electron chi connectivity index (χ2n) is 4.84. The zero-order chi connectivity index (χ0) is 14.6. The molecular weight excluding hydrogens is 249 g/mol. The first kappa shape index (κ1) is 15.1. The number of carboxylic acids is 1. The van der Waals surface area contributed by atoms with Crippen molar-refractivity contribution in [1.29, 1.82) is 0 Å². The molecule has 19 heavy (non-hydrogen) atoms. The van der Waals surface area contributed by atoms with Crippen molar-refractivity contribution in [2.45, 2.75) is 26.8 Å². The van der Waals surface area contributed by atoms with Gasteiger partial charge in [0.25, 0.3) is 0 Å². The van der Waals surface area contributed by atoms with Crippen molar-refractivity contribution in [1.82, 2.24) is 5.32 Å². The number of benzene rings is 1. The molecule has 0 spiro atoms. The van der Waals surface area contributed by atoms with Crippen molar-refractivity contribution in [3.05, 3.63) is 35.6 Å². The molecule has 0 aromatic heterocycles. The van der Waals surface area contributed by atoms with Crippen molar-refractivity contribution >= 4 is 11.9 Å². The van der Waals surface area contributed by atoms with Gasteiger partial charge in [0, 0.05) is 0 Å². The molecule has 1 amide bonds. The van der Waals surface area contributed by atoms with Gasteiger partial charge in [-0.3, -0.25) is 9.59 Å². The number of carbonyl (C=O) groups is 2. The van der Waals surface area contributed by atoms with Crippen molar-refractivity contribution in [3.63, 3.8) is 0 Å². The van der Waals surface area contributed by atoms with Crippen LogP contribution in [-0.4, -0.2) is 17.0 Å². The Kier molecular flexibility index (Phi) is 5.03. The van der Waals surface area contributed by atoms with Gasteiger partial charge in [-0.15, -0.1) is 0 Å². The molecule has 0 saturated heterocycles. The number of carbonyl (C=O) groups excluding carboxylic acids is 1. The molecule has 0 heterocycles. The minimum Gasteiger partial charge on any atom is -0.481 e. The number of rotatable bonds is 5. The summed E-state index contributed by atoms with van der Waals surface area (Å²) in [5.74, 6) is -3.11. The molecule has 0 aliphatic rings. The minimum atomic E-state index is -1.17. The highest BCUT2D eigenvalue weighted by atomic mass is 19.1. The predicted octanol–water partition coefficient (Wildman–Crippen LogP) is 2.36. The molecule has 0 radical (unpaired) electrons. The van der Waals surface area contributed by atoms with Gasteiger partial charge >= 0.3 is 5.97 Å². The summed E-state index contributed by atoms with van der Waals surface area (Å²) in [5, 5.41) is 11.5. The minimum absolute atomic E-state index is 0.0652. The molecule has 1 rings (SSSR count). The fourth-order valence-corrected chi connectivity index (χ4v) is 1.70. The first-order valence-corrected chi connectivity index (χ1v) is 6.11. The highest BCUT2D eigenvalue weighted by molar-refractivity contribution is 5.96. The summed E-state index contributed by atoms with van der Waals surface area (Å²) < 4.78 is 12.9. The summed E-state index contributed by atoms with van der Waals surface area (Å²) in [7, 11) is 0. The third-order valence-corrected chi connectivity index (χ3v) is 2.96. The largest absolute Gasteiger partial charge is 0.481 e. The third-order valence-electron chi connectivity index (χ3n) is 2.96. The molecule has 0 bridgehead atoms. The Labute approximate surface area is 111 Å². The normalized spacial score (nSPS) is 13.9. The zero-order valence-corrected chi connectivity index (χ0v) is 11.2. The van der Waals surface area contributed by atoms with Crippen LogP contribution in [0.3, 0.4) is 0 Å². The van der Waals surface area contributed by atoms with Gasteiger partial charge in [-0.25, -0.2) is 4.39 Å². The Hall–Kier alpha value is -1.91. The quantitative estimate of drug-likeness (QED) is 0.805. The second-order valence-corrected chi connectivity index (χ2v) is 4.84. The lowest BCUT2D eigenvalue weighted by molar-refractivity contribution is -0.146. The van der Waals surface area contributed by atoms with E-state index >= 15 is 0 Å². The van der Waals surface area contributed by atoms with Crippen LogP contribution in [-0.2, 0) is 9.59 Å². The lowest BCUT2D eigenvalue weighted by atomic mass is 9.95. The second kappa shape index (κ2) is 6.31. The number of aliphatic carboxylic acids is 1. The van der Waals surface area contributed by atoms with Gasteiger partial charge in [-0.2, -0.15) is 0 Å². The Bertz CT molecular complexity index is 456. The van der Waals surface area contributed by atoms with Gasteiger partial charge in [0.05, 0.1) is 6.04 Å². The monoisotopic (exact) mass is 267 g/mol. The van der Waals surface area contributed by atoms with Crippen LogP contribution in [0.25, 0.3) is 0 Å². The average molecular weight is 267 g/mol. The van der Waals surface area contributed by atoms with E-state index in [4.69, 9.17) is 5.11 Å². The van der Waals surface area contributed by atoms with Gasteiger partial charge in [0.15, 0.2) is 0 Å². The molecule has 2 unspecified atom stereocenters. The molecule has 0 saturated carbocycles. The maximum atomic E-state index is 12.9. The van der Waals surface area contributed by atoms with Gasteiger partial charge in [-0.1, -0.05) is 26.0 Å². The first-order valence-electron chi connectivity index (χ1n) is 6.11. The van der Waals surface area contributed by atoms with E-state index in [1.165, 1.54) is 19.1 Å². The van der Waals surface area contributed by atoms with Gasteiger partial charge in [0.1, 0.15) is 11.7 Å². The molecule has 0 fully saturated rings. The van der Waals surface area contributed by atoms with E-state index in [2.05, 4.69) is 5.32 Å². The van der Waals surface area contributed by atoms with E-state index in [9.17, 15) is 14.0 Å². The van der Waals surface area contributed by atoms with Crippen LogP contribution in [0.5, 0.6) is 0 Å². The van der Waals surface area contributed by atoms with Crippen LogP contribution in [0.15, 0.2) is 24.3 Å². The SMILES string of the molecule is CC(C(=O)O)C(=O)NC(c1ccc(F)cc1)C(C)C.